The Kier molecular flexibility index (Phi) is 7.37. The van der Waals surface area contributed by atoms with E-state index < -0.39 is 24.0 Å². The number of aliphatic hydroxyl groups excluding tert-OH is 1. The standard InChI is InChI=1S/C7H15NO3.ClH/c1-4(7(10)11-3)6(9)5(2)8;/h4-6,9H,8H2,1-3H3;1H/t4-,5+,6+;/m0./s1. The van der Waals surface area contributed by atoms with Crippen molar-refractivity contribution in [3.8, 4) is 0 Å². The van der Waals surface area contributed by atoms with Crippen LogP contribution in [-0.2, 0) is 9.53 Å². The van der Waals surface area contributed by atoms with Crippen LogP contribution in [-0.4, -0.2) is 30.3 Å². The minimum absolute atomic E-state index is 0. The van der Waals surface area contributed by atoms with Crippen LogP contribution in [0.2, 0.25) is 0 Å². The van der Waals surface area contributed by atoms with Crippen LogP contribution in [0.3, 0.4) is 0 Å². The van der Waals surface area contributed by atoms with Crippen LogP contribution in [0, 0.1) is 5.92 Å². The third-order valence-electron chi connectivity index (χ3n) is 1.62. The van der Waals surface area contributed by atoms with E-state index in [1.807, 2.05) is 0 Å². The number of rotatable bonds is 3. The third-order valence-corrected chi connectivity index (χ3v) is 1.62. The predicted octanol–water partition coefficient (Wildman–Crippen LogP) is -0.0746. The molecule has 3 atom stereocenters. The van der Waals surface area contributed by atoms with Crippen molar-refractivity contribution in [1.82, 2.24) is 0 Å². The SMILES string of the molecule is COC(=O)[C@@H](C)[C@@H](O)[C@@H](C)N.Cl. The minimum Gasteiger partial charge on any atom is -0.469 e. The summed E-state index contributed by atoms with van der Waals surface area (Å²) in [5, 5.41) is 9.27. The van der Waals surface area contributed by atoms with Gasteiger partial charge in [-0.25, -0.2) is 0 Å². The van der Waals surface area contributed by atoms with Crippen molar-refractivity contribution in [2.45, 2.75) is 26.0 Å². The van der Waals surface area contributed by atoms with Crippen LogP contribution in [0.25, 0.3) is 0 Å². The molecule has 0 amide bonds. The average Bonchev–Trinajstić information content (AvgIpc) is 2.00. The summed E-state index contributed by atoms with van der Waals surface area (Å²) in [6.07, 6.45) is -0.831. The van der Waals surface area contributed by atoms with E-state index in [1.54, 1.807) is 13.8 Å². The van der Waals surface area contributed by atoms with E-state index in [2.05, 4.69) is 4.74 Å². The van der Waals surface area contributed by atoms with Gasteiger partial charge in [0.1, 0.15) is 0 Å². The molecule has 0 radical (unpaired) electrons. The van der Waals surface area contributed by atoms with Gasteiger partial charge in [-0.2, -0.15) is 0 Å². The molecule has 0 saturated carbocycles. The van der Waals surface area contributed by atoms with Crippen molar-refractivity contribution in [2.24, 2.45) is 11.7 Å². The second-order valence-corrected chi connectivity index (χ2v) is 2.66. The third kappa shape index (κ3) is 3.90. The number of nitrogens with two attached hydrogens (primary N) is 1. The Bertz CT molecular complexity index is 141. The molecule has 0 heterocycles. The smallest absolute Gasteiger partial charge is 0.311 e. The molecule has 0 aliphatic rings. The summed E-state index contributed by atoms with van der Waals surface area (Å²) in [6, 6.07) is -0.413. The first-order valence-corrected chi connectivity index (χ1v) is 3.52. The molecule has 0 aliphatic heterocycles. The van der Waals surface area contributed by atoms with Gasteiger partial charge in [0.2, 0.25) is 0 Å². The molecule has 0 fully saturated rings. The highest BCUT2D eigenvalue weighted by Crippen LogP contribution is 2.07. The zero-order chi connectivity index (χ0) is 9.02. The molecule has 4 nitrogen and oxygen atoms in total. The van der Waals surface area contributed by atoms with Crippen LogP contribution in [0.5, 0.6) is 0 Å². The summed E-state index contributed by atoms with van der Waals surface area (Å²) in [5.41, 5.74) is 5.37. The van der Waals surface area contributed by atoms with E-state index in [0.717, 1.165) is 0 Å². The Hall–Kier alpha value is -0.320. The monoisotopic (exact) mass is 197 g/mol. The fraction of sp³-hybridized carbons (Fsp3) is 0.857. The number of carbonyl (C=O) groups excluding carboxylic acids is 1. The van der Waals surface area contributed by atoms with Gasteiger partial charge < -0.3 is 15.6 Å². The molecule has 0 bridgehead atoms. The quantitative estimate of drug-likeness (QED) is 0.621. The molecule has 12 heavy (non-hydrogen) atoms. The molecule has 0 aromatic carbocycles. The summed E-state index contributed by atoms with van der Waals surface area (Å²) >= 11 is 0. The molecule has 74 valence electrons. The number of carbonyl (C=O) groups is 1. The normalized spacial score (nSPS) is 17.1. The zero-order valence-electron chi connectivity index (χ0n) is 7.48. The number of aliphatic hydroxyl groups is 1. The average molecular weight is 198 g/mol. The van der Waals surface area contributed by atoms with Gasteiger partial charge in [0.25, 0.3) is 0 Å². The maximum atomic E-state index is 10.8. The Balaban J connectivity index is 0. The van der Waals surface area contributed by atoms with Crippen LogP contribution >= 0.6 is 12.4 Å². The summed E-state index contributed by atoms with van der Waals surface area (Å²) in [4.78, 5) is 10.8. The van der Waals surface area contributed by atoms with E-state index in [4.69, 9.17) is 5.73 Å². The zero-order valence-corrected chi connectivity index (χ0v) is 8.30. The first kappa shape index (κ1) is 14.2. The number of hydrogen-bond donors (Lipinski definition) is 2. The predicted molar refractivity (Wildman–Crippen MR) is 48.1 cm³/mol. The number of hydrogen-bond acceptors (Lipinski definition) is 4. The highest BCUT2D eigenvalue weighted by Gasteiger charge is 2.25. The summed E-state index contributed by atoms with van der Waals surface area (Å²) < 4.78 is 4.43. The fourth-order valence-corrected chi connectivity index (χ4v) is 0.781. The van der Waals surface area contributed by atoms with Crippen LogP contribution in [0.15, 0.2) is 0 Å². The molecule has 0 aliphatic carbocycles. The highest BCUT2D eigenvalue weighted by molar-refractivity contribution is 5.85. The van der Waals surface area contributed by atoms with Crippen molar-refractivity contribution in [3.05, 3.63) is 0 Å². The molecule has 3 N–H and O–H groups in total. The molecular weight excluding hydrogens is 182 g/mol. The number of methoxy groups -OCH3 is 1. The van der Waals surface area contributed by atoms with Crippen molar-refractivity contribution < 1.29 is 14.6 Å². The maximum absolute atomic E-state index is 10.8. The molecule has 0 unspecified atom stereocenters. The van der Waals surface area contributed by atoms with Gasteiger partial charge in [0, 0.05) is 6.04 Å². The number of ether oxygens (including phenoxy) is 1. The summed E-state index contributed by atoms with van der Waals surface area (Å²) in [6.45, 7) is 3.23. The molecule has 0 saturated heterocycles. The highest BCUT2D eigenvalue weighted by atomic mass is 35.5. The Labute approximate surface area is 78.5 Å². The van der Waals surface area contributed by atoms with E-state index in [0.29, 0.717) is 0 Å². The van der Waals surface area contributed by atoms with Crippen LogP contribution < -0.4 is 5.73 Å². The first-order valence-electron chi connectivity index (χ1n) is 3.52. The van der Waals surface area contributed by atoms with Crippen molar-refractivity contribution in [2.75, 3.05) is 7.11 Å². The first-order chi connectivity index (χ1) is 5.00. The van der Waals surface area contributed by atoms with Crippen molar-refractivity contribution >= 4 is 18.4 Å². The molecule has 0 rings (SSSR count). The van der Waals surface area contributed by atoms with Gasteiger partial charge in [-0.1, -0.05) is 0 Å². The number of halogens is 1. The van der Waals surface area contributed by atoms with Gasteiger partial charge in [-0.3, -0.25) is 4.79 Å². The van der Waals surface area contributed by atoms with E-state index in [-0.39, 0.29) is 12.4 Å². The summed E-state index contributed by atoms with van der Waals surface area (Å²) in [7, 11) is 1.28. The van der Waals surface area contributed by atoms with E-state index in [9.17, 15) is 9.90 Å². The molecule has 0 spiro atoms. The largest absolute Gasteiger partial charge is 0.469 e. The summed E-state index contributed by atoms with van der Waals surface area (Å²) in [5.74, 6) is -0.991. The van der Waals surface area contributed by atoms with Gasteiger partial charge in [0.15, 0.2) is 0 Å². The Morgan fingerprint density at radius 3 is 2.17 bits per heavy atom. The molecule has 0 aromatic rings. The van der Waals surface area contributed by atoms with Crippen LogP contribution in [0.4, 0.5) is 0 Å². The Morgan fingerprint density at radius 2 is 1.92 bits per heavy atom. The Morgan fingerprint density at radius 1 is 1.50 bits per heavy atom. The fourth-order valence-electron chi connectivity index (χ4n) is 0.781. The van der Waals surface area contributed by atoms with Gasteiger partial charge >= 0.3 is 5.97 Å². The maximum Gasteiger partial charge on any atom is 0.311 e. The number of esters is 1. The lowest BCUT2D eigenvalue weighted by Gasteiger charge is -2.19. The second-order valence-electron chi connectivity index (χ2n) is 2.66. The topological polar surface area (TPSA) is 72.5 Å². The second kappa shape index (κ2) is 6.22. The molecular formula is C7H16ClNO3. The van der Waals surface area contributed by atoms with Crippen LogP contribution in [0.1, 0.15) is 13.8 Å². The van der Waals surface area contributed by atoms with E-state index in [1.165, 1.54) is 7.11 Å². The van der Waals surface area contributed by atoms with Gasteiger partial charge in [-0.15, -0.1) is 12.4 Å². The minimum atomic E-state index is -0.831. The van der Waals surface area contributed by atoms with Crippen molar-refractivity contribution in [3.63, 3.8) is 0 Å². The lowest BCUT2D eigenvalue weighted by Crippen LogP contribution is -2.40. The van der Waals surface area contributed by atoms with E-state index >= 15 is 0 Å². The molecule has 0 aromatic heterocycles. The molecule has 5 heteroatoms. The van der Waals surface area contributed by atoms with Gasteiger partial charge in [0.05, 0.1) is 19.1 Å². The lowest BCUT2D eigenvalue weighted by atomic mass is 10.00. The van der Waals surface area contributed by atoms with Gasteiger partial charge in [-0.05, 0) is 13.8 Å². The van der Waals surface area contributed by atoms with Crippen molar-refractivity contribution in [1.29, 1.82) is 0 Å². The lowest BCUT2D eigenvalue weighted by molar-refractivity contribution is -0.148.